The lowest BCUT2D eigenvalue weighted by Crippen LogP contribution is -2.40. The van der Waals surface area contributed by atoms with Gasteiger partial charge in [0.1, 0.15) is 0 Å². The van der Waals surface area contributed by atoms with Crippen molar-refractivity contribution in [1.82, 2.24) is 4.90 Å². The Morgan fingerprint density at radius 3 is 2.25 bits per heavy atom. The molecule has 16 heavy (non-hydrogen) atoms. The highest BCUT2D eigenvalue weighted by molar-refractivity contribution is 4.77. The van der Waals surface area contributed by atoms with Crippen LogP contribution in [-0.2, 0) is 0 Å². The van der Waals surface area contributed by atoms with E-state index in [1.165, 1.54) is 19.3 Å². The predicted octanol–water partition coefficient (Wildman–Crippen LogP) is 1.99. The normalized spacial score (nSPS) is 15.8. The SMILES string of the molecule is CCC(CC)N(C)CCCCC(C)(N)CO. The summed E-state index contributed by atoms with van der Waals surface area (Å²) >= 11 is 0. The molecule has 1 atom stereocenters. The molecule has 0 spiro atoms. The zero-order valence-corrected chi connectivity index (χ0v) is 11.5. The molecule has 0 aromatic heterocycles. The molecule has 0 aliphatic rings. The molecule has 0 saturated carbocycles. The van der Waals surface area contributed by atoms with Crippen molar-refractivity contribution in [2.75, 3.05) is 20.2 Å². The van der Waals surface area contributed by atoms with Gasteiger partial charge >= 0.3 is 0 Å². The third-order valence-electron chi connectivity index (χ3n) is 3.44. The van der Waals surface area contributed by atoms with Gasteiger partial charge in [-0.25, -0.2) is 0 Å². The minimum atomic E-state index is -0.395. The van der Waals surface area contributed by atoms with Gasteiger partial charge in [0.15, 0.2) is 0 Å². The van der Waals surface area contributed by atoms with Gasteiger partial charge in [-0.2, -0.15) is 0 Å². The largest absolute Gasteiger partial charge is 0.394 e. The van der Waals surface area contributed by atoms with E-state index in [0.29, 0.717) is 6.04 Å². The molecule has 3 heteroatoms. The summed E-state index contributed by atoms with van der Waals surface area (Å²) in [6.07, 6.45) is 5.61. The second kappa shape index (κ2) is 8.04. The predicted molar refractivity (Wildman–Crippen MR) is 70.5 cm³/mol. The molecule has 0 rings (SSSR count). The van der Waals surface area contributed by atoms with E-state index in [1.807, 2.05) is 6.92 Å². The van der Waals surface area contributed by atoms with Crippen LogP contribution >= 0.6 is 0 Å². The van der Waals surface area contributed by atoms with Gasteiger partial charge in [-0.1, -0.05) is 20.3 Å². The number of hydrogen-bond acceptors (Lipinski definition) is 3. The number of nitrogens with two attached hydrogens (primary N) is 1. The second-order valence-electron chi connectivity index (χ2n) is 5.22. The van der Waals surface area contributed by atoms with Crippen molar-refractivity contribution in [3.05, 3.63) is 0 Å². The lowest BCUT2D eigenvalue weighted by Gasteiger charge is -2.27. The van der Waals surface area contributed by atoms with Crippen LogP contribution in [0, 0.1) is 0 Å². The Kier molecular flexibility index (Phi) is 7.98. The number of unbranched alkanes of at least 4 members (excludes halogenated alkanes) is 1. The average Bonchev–Trinajstić information content (AvgIpc) is 2.26. The minimum absolute atomic E-state index is 0.0788. The maximum absolute atomic E-state index is 9.03. The lowest BCUT2D eigenvalue weighted by molar-refractivity contribution is 0.189. The number of hydrogen-bond donors (Lipinski definition) is 2. The summed E-state index contributed by atoms with van der Waals surface area (Å²) in [6, 6.07) is 0.710. The number of aliphatic hydroxyl groups is 1. The maximum atomic E-state index is 9.03. The van der Waals surface area contributed by atoms with Crippen LogP contribution in [0.15, 0.2) is 0 Å². The first-order valence-corrected chi connectivity index (χ1v) is 6.56. The number of rotatable bonds is 9. The molecular weight excluding hydrogens is 200 g/mol. The van der Waals surface area contributed by atoms with E-state index < -0.39 is 5.54 Å². The van der Waals surface area contributed by atoms with E-state index >= 15 is 0 Å². The molecule has 0 aliphatic heterocycles. The van der Waals surface area contributed by atoms with Crippen LogP contribution in [0.1, 0.15) is 52.9 Å². The quantitative estimate of drug-likeness (QED) is 0.596. The van der Waals surface area contributed by atoms with Crippen molar-refractivity contribution in [2.45, 2.75) is 64.5 Å². The van der Waals surface area contributed by atoms with Crippen molar-refractivity contribution in [3.63, 3.8) is 0 Å². The van der Waals surface area contributed by atoms with Crippen molar-refractivity contribution in [3.8, 4) is 0 Å². The standard InChI is InChI=1S/C13H30N2O/c1-5-12(6-2)15(4)10-8-7-9-13(3,14)11-16/h12,16H,5-11,14H2,1-4H3. The molecule has 0 aromatic carbocycles. The Morgan fingerprint density at radius 1 is 1.25 bits per heavy atom. The van der Waals surface area contributed by atoms with E-state index in [-0.39, 0.29) is 6.61 Å². The molecule has 0 saturated heterocycles. The first-order valence-electron chi connectivity index (χ1n) is 6.56. The minimum Gasteiger partial charge on any atom is -0.394 e. The molecule has 0 heterocycles. The molecule has 0 fully saturated rings. The smallest absolute Gasteiger partial charge is 0.0608 e. The molecule has 0 aliphatic carbocycles. The summed E-state index contributed by atoms with van der Waals surface area (Å²) in [5.74, 6) is 0. The molecular formula is C13H30N2O. The Bertz CT molecular complexity index is 167. The van der Waals surface area contributed by atoms with Crippen LogP contribution in [0.5, 0.6) is 0 Å². The summed E-state index contributed by atoms with van der Waals surface area (Å²) < 4.78 is 0. The lowest BCUT2D eigenvalue weighted by atomic mass is 9.97. The zero-order valence-electron chi connectivity index (χ0n) is 11.5. The monoisotopic (exact) mass is 230 g/mol. The Morgan fingerprint density at radius 2 is 1.81 bits per heavy atom. The molecule has 0 radical (unpaired) electrons. The van der Waals surface area contributed by atoms with Gasteiger partial charge in [0.05, 0.1) is 6.61 Å². The van der Waals surface area contributed by atoms with Crippen molar-refractivity contribution < 1.29 is 5.11 Å². The molecule has 3 N–H and O–H groups in total. The molecule has 3 nitrogen and oxygen atoms in total. The molecule has 0 amide bonds. The first kappa shape index (κ1) is 15.9. The maximum Gasteiger partial charge on any atom is 0.0608 e. The van der Waals surface area contributed by atoms with E-state index in [1.54, 1.807) is 0 Å². The highest BCUT2D eigenvalue weighted by atomic mass is 16.3. The molecule has 0 bridgehead atoms. The summed E-state index contributed by atoms with van der Waals surface area (Å²) in [5, 5.41) is 9.03. The Hall–Kier alpha value is -0.120. The van der Waals surface area contributed by atoms with Crippen molar-refractivity contribution in [2.24, 2.45) is 5.73 Å². The average molecular weight is 230 g/mol. The third-order valence-corrected chi connectivity index (χ3v) is 3.44. The van der Waals surface area contributed by atoms with Crippen LogP contribution < -0.4 is 5.73 Å². The van der Waals surface area contributed by atoms with Gasteiger partial charge in [0.2, 0.25) is 0 Å². The highest BCUT2D eigenvalue weighted by Crippen LogP contribution is 2.12. The first-order chi connectivity index (χ1) is 7.46. The highest BCUT2D eigenvalue weighted by Gasteiger charge is 2.16. The molecule has 0 aromatic rings. The Balaban J connectivity index is 3.66. The number of aliphatic hydroxyl groups excluding tert-OH is 1. The van der Waals surface area contributed by atoms with Crippen LogP contribution in [0.3, 0.4) is 0 Å². The van der Waals surface area contributed by atoms with Gasteiger partial charge < -0.3 is 15.7 Å². The van der Waals surface area contributed by atoms with E-state index in [9.17, 15) is 0 Å². The number of nitrogens with zero attached hydrogens (tertiary/aromatic N) is 1. The third kappa shape index (κ3) is 6.46. The summed E-state index contributed by atoms with van der Waals surface area (Å²) in [5.41, 5.74) is 5.49. The summed E-state index contributed by atoms with van der Waals surface area (Å²) in [6.45, 7) is 7.61. The van der Waals surface area contributed by atoms with E-state index in [2.05, 4.69) is 25.8 Å². The molecule has 1 unspecified atom stereocenters. The summed E-state index contributed by atoms with van der Waals surface area (Å²) in [7, 11) is 2.20. The second-order valence-corrected chi connectivity index (χ2v) is 5.22. The zero-order chi connectivity index (χ0) is 12.6. The fourth-order valence-corrected chi connectivity index (χ4v) is 2.06. The van der Waals surface area contributed by atoms with Crippen LogP contribution in [0.25, 0.3) is 0 Å². The molecule has 98 valence electrons. The van der Waals surface area contributed by atoms with Gasteiger partial charge in [0, 0.05) is 11.6 Å². The van der Waals surface area contributed by atoms with Crippen LogP contribution in [-0.4, -0.2) is 41.8 Å². The fourth-order valence-electron chi connectivity index (χ4n) is 2.06. The fraction of sp³-hybridized carbons (Fsp3) is 1.00. The van der Waals surface area contributed by atoms with E-state index in [4.69, 9.17) is 10.8 Å². The van der Waals surface area contributed by atoms with E-state index in [0.717, 1.165) is 19.4 Å². The van der Waals surface area contributed by atoms with Gasteiger partial charge in [0.25, 0.3) is 0 Å². The van der Waals surface area contributed by atoms with Crippen molar-refractivity contribution >= 4 is 0 Å². The van der Waals surface area contributed by atoms with Gasteiger partial charge in [-0.05, 0) is 46.2 Å². The Labute approximate surface area is 101 Å². The van der Waals surface area contributed by atoms with Gasteiger partial charge in [-0.3, -0.25) is 0 Å². The van der Waals surface area contributed by atoms with Gasteiger partial charge in [-0.15, -0.1) is 0 Å². The van der Waals surface area contributed by atoms with Crippen LogP contribution in [0.2, 0.25) is 0 Å². The van der Waals surface area contributed by atoms with Crippen molar-refractivity contribution in [1.29, 1.82) is 0 Å². The topological polar surface area (TPSA) is 49.5 Å². The summed E-state index contributed by atoms with van der Waals surface area (Å²) in [4.78, 5) is 2.44. The van der Waals surface area contributed by atoms with Crippen LogP contribution in [0.4, 0.5) is 0 Å².